The SMILES string of the molecule is O=C(NC[C@H](O)c1ccsc1)Nc1ccnn1Cc1ccccn1. The maximum atomic E-state index is 12.0. The molecule has 0 saturated carbocycles. The van der Waals surface area contributed by atoms with Crippen molar-refractivity contribution in [2.45, 2.75) is 12.6 Å². The highest BCUT2D eigenvalue weighted by Crippen LogP contribution is 2.15. The lowest BCUT2D eigenvalue weighted by Gasteiger charge is -2.12. The van der Waals surface area contributed by atoms with Crippen LogP contribution in [0, 0.1) is 0 Å². The van der Waals surface area contributed by atoms with E-state index in [4.69, 9.17) is 0 Å². The minimum Gasteiger partial charge on any atom is -0.387 e. The second-order valence-electron chi connectivity index (χ2n) is 5.10. The molecule has 3 rings (SSSR count). The number of thiophene rings is 1. The number of rotatable bonds is 6. The number of carbonyl (C=O) groups excluding carboxylic acids is 1. The van der Waals surface area contributed by atoms with E-state index in [-0.39, 0.29) is 6.54 Å². The van der Waals surface area contributed by atoms with Gasteiger partial charge in [-0.25, -0.2) is 9.48 Å². The number of hydrogen-bond donors (Lipinski definition) is 3. The van der Waals surface area contributed by atoms with Gasteiger partial charge in [-0.2, -0.15) is 16.4 Å². The first-order valence-corrected chi connectivity index (χ1v) is 8.33. The Labute approximate surface area is 143 Å². The van der Waals surface area contributed by atoms with Gasteiger partial charge in [0.05, 0.1) is 24.5 Å². The van der Waals surface area contributed by atoms with Gasteiger partial charge in [-0.05, 0) is 34.5 Å². The van der Waals surface area contributed by atoms with E-state index in [0.29, 0.717) is 12.4 Å². The number of amides is 2. The predicted octanol–water partition coefficient (Wildman–Crippen LogP) is 2.24. The molecule has 0 saturated heterocycles. The lowest BCUT2D eigenvalue weighted by molar-refractivity contribution is 0.175. The summed E-state index contributed by atoms with van der Waals surface area (Å²) in [4.78, 5) is 16.2. The Morgan fingerprint density at radius 1 is 1.29 bits per heavy atom. The molecular weight excluding hydrogens is 326 g/mol. The quantitative estimate of drug-likeness (QED) is 0.640. The molecule has 8 heteroatoms. The predicted molar refractivity (Wildman–Crippen MR) is 91.9 cm³/mol. The molecule has 2 amide bonds. The fourth-order valence-electron chi connectivity index (χ4n) is 2.14. The molecule has 0 spiro atoms. The van der Waals surface area contributed by atoms with Crippen LogP contribution in [0.3, 0.4) is 0 Å². The van der Waals surface area contributed by atoms with Crippen molar-refractivity contribution in [2.75, 3.05) is 11.9 Å². The van der Waals surface area contributed by atoms with Gasteiger partial charge in [-0.1, -0.05) is 6.07 Å². The van der Waals surface area contributed by atoms with Crippen LogP contribution in [-0.4, -0.2) is 32.4 Å². The lowest BCUT2D eigenvalue weighted by Crippen LogP contribution is -2.33. The van der Waals surface area contributed by atoms with Crippen molar-refractivity contribution >= 4 is 23.2 Å². The molecule has 0 aliphatic carbocycles. The van der Waals surface area contributed by atoms with Crippen molar-refractivity contribution in [3.8, 4) is 0 Å². The third kappa shape index (κ3) is 4.18. The molecule has 3 aromatic heterocycles. The first-order chi connectivity index (χ1) is 11.7. The van der Waals surface area contributed by atoms with Gasteiger partial charge in [0.1, 0.15) is 5.82 Å². The summed E-state index contributed by atoms with van der Waals surface area (Å²) in [5.74, 6) is 0.558. The van der Waals surface area contributed by atoms with E-state index in [9.17, 15) is 9.90 Å². The van der Waals surface area contributed by atoms with Crippen LogP contribution in [0.2, 0.25) is 0 Å². The molecule has 3 heterocycles. The van der Waals surface area contributed by atoms with Gasteiger partial charge in [-0.3, -0.25) is 10.3 Å². The number of anilines is 1. The van der Waals surface area contributed by atoms with Gasteiger partial charge in [0.15, 0.2) is 0 Å². The molecule has 0 aromatic carbocycles. The highest BCUT2D eigenvalue weighted by Gasteiger charge is 2.11. The Bertz CT molecular complexity index is 773. The van der Waals surface area contributed by atoms with Crippen molar-refractivity contribution in [3.05, 3.63) is 64.7 Å². The molecule has 1 atom stereocenters. The average molecular weight is 343 g/mol. The van der Waals surface area contributed by atoms with Crippen LogP contribution in [-0.2, 0) is 6.54 Å². The first-order valence-electron chi connectivity index (χ1n) is 7.39. The average Bonchev–Trinajstić information content (AvgIpc) is 3.26. The zero-order chi connectivity index (χ0) is 16.8. The van der Waals surface area contributed by atoms with Crippen molar-refractivity contribution in [2.24, 2.45) is 0 Å². The number of carbonyl (C=O) groups is 1. The fourth-order valence-corrected chi connectivity index (χ4v) is 2.85. The molecule has 3 N–H and O–H groups in total. The molecule has 0 aliphatic rings. The smallest absolute Gasteiger partial charge is 0.320 e. The zero-order valence-electron chi connectivity index (χ0n) is 12.8. The summed E-state index contributed by atoms with van der Waals surface area (Å²) in [6.45, 7) is 0.595. The second-order valence-corrected chi connectivity index (χ2v) is 5.88. The van der Waals surface area contributed by atoms with E-state index in [2.05, 4.69) is 20.7 Å². The maximum absolute atomic E-state index is 12.0. The number of aliphatic hydroxyl groups excluding tert-OH is 1. The Kier molecular flexibility index (Phi) is 5.19. The van der Waals surface area contributed by atoms with E-state index in [1.807, 2.05) is 35.0 Å². The summed E-state index contributed by atoms with van der Waals surface area (Å²) in [6.07, 6.45) is 2.60. The van der Waals surface area contributed by atoms with Gasteiger partial charge in [0.25, 0.3) is 0 Å². The van der Waals surface area contributed by atoms with Crippen molar-refractivity contribution in [1.82, 2.24) is 20.1 Å². The molecule has 0 unspecified atom stereocenters. The van der Waals surface area contributed by atoms with E-state index in [0.717, 1.165) is 11.3 Å². The number of aromatic nitrogens is 3. The maximum Gasteiger partial charge on any atom is 0.320 e. The normalized spacial score (nSPS) is 11.9. The summed E-state index contributed by atoms with van der Waals surface area (Å²) in [5.41, 5.74) is 1.64. The zero-order valence-corrected chi connectivity index (χ0v) is 13.6. The van der Waals surface area contributed by atoms with Crippen molar-refractivity contribution in [1.29, 1.82) is 0 Å². The molecule has 0 aliphatic heterocycles. The molecule has 0 fully saturated rings. The molecule has 0 radical (unpaired) electrons. The Morgan fingerprint density at radius 3 is 2.96 bits per heavy atom. The Morgan fingerprint density at radius 2 is 2.21 bits per heavy atom. The second kappa shape index (κ2) is 7.71. The fraction of sp³-hybridized carbons (Fsp3) is 0.188. The van der Waals surface area contributed by atoms with Crippen molar-refractivity contribution < 1.29 is 9.90 Å². The van der Waals surface area contributed by atoms with Gasteiger partial charge in [0, 0.05) is 18.8 Å². The van der Waals surface area contributed by atoms with Crippen LogP contribution < -0.4 is 10.6 Å². The van der Waals surface area contributed by atoms with Gasteiger partial charge < -0.3 is 10.4 Å². The van der Waals surface area contributed by atoms with Gasteiger partial charge in [-0.15, -0.1) is 0 Å². The monoisotopic (exact) mass is 343 g/mol. The van der Waals surface area contributed by atoms with Crippen LogP contribution >= 0.6 is 11.3 Å². The summed E-state index contributed by atoms with van der Waals surface area (Å²) in [6, 6.07) is 8.78. The molecule has 124 valence electrons. The third-order valence-electron chi connectivity index (χ3n) is 3.38. The highest BCUT2D eigenvalue weighted by atomic mass is 32.1. The van der Waals surface area contributed by atoms with Gasteiger partial charge >= 0.3 is 6.03 Å². The van der Waals surface area contributed by atoms with Crippen LogP contribution in [0.25, 0.3) is 0 Å². The molecule has 7 nitrogen and oxygen atoms in total. The van der Waals surface area contributed by atoms with Crippen LogP contribution in [0.4, 0.5) is 10.6 Å². The number of aliphatic hydroxyl groups is 1. The molecule has 24 heavy (non-hydrogen) atoms. The van der Waals surface area contributed by atoms with E-state index < -0.39 is 12.1 Å². The number of hydrogen-bond acceptors (Lipinski definition) is 5. The van der Waals surface area contributed by atoms with Crippen LogP contribution in [0.5, 0.6) is 0 Å². The van der Waals surface area contributed by atoms with E-state index in [1.165, 1.54) is 11.3 Å². The third-order valence-corrected chi connectivity index (χ3v) is 4.08. The van der Waals surface area contributed by atoms with Gasteiger partial charge in [0.2, 0.25) is 0 Å². The minimum atomic E-state index is -0.722. The number of urea groups is 1. The summed E-state index contributed by atoms with van der Waals surface area (Å²) >= 11 is 1.50. The van der Waals surface area contributed by atoms with E-state index >= 15 is 0 Å². The number of nitrogens with one attached hydrogen (secondary N) is 2. The van der Waals surface area contributed by atoms with Crippen molar-refractivity contribution in [3.63, 3.8) is 0 Å². The molecule has 3 aromatic rings. The van der Waals surface area contributed by atoms with E-state index in [1.54, 1.807) is 23.1 Å². The Hall–Kier alpha value is -2.71. The molecular formula is C16H17N5O2S. The van der Waals surface area contributed by atoms with Crippen LogP contribution in [0.1, 0.15) is 17.4 Å². The number of nitrogens with zero attached hydrogens (tertiary/aromatic N) is 3. The minimum absolute atomic E-state index is 0.136. The topological polar surface area (TPSA) is 92.1 Å². The molecule has 0 bridgehead atoms. The standard InChI is InChI=1S/C16H17N5O2S/c22-14(12-5-8-24-11-12)9-18-16(23)20-15-4-7-19-21(15)10-13-3-1-2-6-17-13/h1-8,11,14,22H,9-10H2,(H2,18,20,23)/t14-/m0/s1. The summed E-state index contributed by atoms with van der Waals surface area (Å²) < 4.78 is 1.65. The largest absolute Gasteiger partial charge is 0.387 e. The van der Waals surface area contributed by atoms with Crippen LogP contribution in [0.15, 0.2) is 53.5 Å². The lowest BCUT2D eigenvalue weighted by atomic mass is 10.2. The summed E-state index contributed by atoms with van der Waals surface area (Å²) in [5, 5.41) is 23.3. The summed E-state index contributed by atoms with van der Waals surface area (Å²) in [7, 11) is 0. The first kappa shape index (κ1) is 16.2. The Balaban J connectivity index is 1.54. The number of pyridine rings is 1. The highest BCUT2D eigenvalue weighted by molar-refractivity contribution is 7.07.